The molecule has 2 N–H and O–H groups in total. The van der Waals surface area contributed by atoms with Gasteiger partial charge in [0.15, 0.2) is 12.5 Å². The highest BCUT2D eigenvalue weighted by atomic mass is 16.3. The number of aliphatic hydroxyl groups excluding tert-OH is 2. The summed E-state index contributed by atoms with van der Waals surface area (Å²) in [6.45, 7) is 8.64. The molecule has 1 aliphatic heterocycles. The maximum Gasteiger partial charge on any atom is 0.158 e. The zero-order chi connectivity index (χ0) is 43.6. The number of aryl methyl sites for hydroxylation is 4. The van der Waals surface area contributed by atoms with Gasteiger partial charge in [-0.25, -0.2) is 0 Å². The second kappa shape index (κ2) is 15.7. The topological polar surface area (TPSA) is 48.6 Å². The third-order valence-corrected chi connectivity index (χ3v) is 13.2. The molecule has 11 rings (SSSR count). The third-order valence-electron chi connectivity index (χ3n) is 13.2. The molecule has 0 saturated carbocycles. The Kier molecular flexibility index (Phi) is 9.65. The van der Waals surface area contributed by atoms with Crippen LogP contribution in [-0.2, 0) is 0 Å². The number of rotatable bonds is 7. The summed E-state index contributed by atoms with van der Waals surface area (Å²) in [6, 6.07) is 68.1. The molecule has 0 amide bonds. The molecule has 2 heterocycles. The molecule has 2 unspecified atom stereocenters. The van der Waals surface area contributed by atoms with Crippen LogP contribution >= 0.6 is 0 Å². The minimum Gasteiger partial charge on any atom is -0.369 e. The number of para-hydroxylation sites is 2. The maximum absolute atomic E-state index is 13.3. The fourth-order valence-corrected chi connectivity index (χ4v) is 10.3. The summed E-state index contributed by atoms with van der Waals surface area (Å²) in [6.07, 6.45) is -2.38. The van der Waals surface area contributed by atoms with Gasteiger partial charge in [0.1, 0.15) is 0 Å². The molecule has 4 heteroatoms. The predicted molar refractivity (Wildman–Crippen MR) is 266 cm³/mol. The average Bonchev–Trinajstić information content (AvgIpc) is 3.80. The molecule has 0 spiro atoms. The minimum absolute atomic E-state index is 0.665. The predicted octanol–water partition coefficient (Wildman–Crippen LogP) is 14.9. The molecule has 2 atom stereocenters. The van der Waals surface area contributed by atoms with Gasteiger partial charge < -0.3 is 19.7 Å². The number of benzene rings is 9. The lowest BCUT2D eigenvalue weighted by Gasteiger charge is -2.32. The SMILES string of the molecule is Cc1ccc(-c2cccc3c4cccc(-c5ccc(C)cc5C)c4n(-c4cccc5c4C(O)N(c4c(-c6ccccc6)cc(-c6ccccc6)cc4-c4ccccc4)C5O)c23)c(C)c1. The van der Waals surface area contributed by atoms with Gasteiger partial charge >= 0.3 is 0 Å². The zero-order valence-electron chi connectivity index (χ0n) is 36.4. The number of hydrogen-bond donors (Lipinski definition) is 2. The van der Waals surface area contributed by atoms with E-state index in [2.05, 4.69) is 172 Å². The smallest absolute Gasteiger partial charge is 0.158 e. The Morgan fingerprint density at radius 2 is 0.844 bits per heavy atom. The van der Waals surface area contributed by atoms with Crippen molar-refractivity contribution in [3.05, 3.63) is 228 Å². The van der Waals surface area contributed by atoms with Crippen molar-refractivity contribution < 1.29 is 10.2 Å². The van der Waals surface area contributed by atoms with E-state index in [-0.39, 0.29) is 0 Å². The van der Waals surface area contributed by atoms with Crippen LogP contribution in [0.25, 0.3) is 83.1 Å². The molecule has 0 aliphatic carbocycles. The van der Waals surface area contributed by atoms with Crippen LogP contribution in [-0.4, -0.2) is 14.8 Å². The van der Waals surface area contributed by atoms with Crippen LogP contribution in [0, 0.1) is 27.7 Å². The van der Waals surface area contributed by atoms with Gasteiger partial charge in [-0.15, -0.1) is 0 Å². The zero-order valence-corrected chi connectivity index (χ0v) is 36.4. The van der Waals surface area contributed by atoms with Crippen LogP contribution in [0.1, 0.15) is 45.8 Å². The molecular formula is C60H48N2O2. The monoisotopic (exact) mass is 828 g/mol. The Labute approximate surface area is 374 Å². The second-order valence-electron chi connectivity index (χ2n) is 17.3. The number of nitrogens with zero attached hydrogens (tertiary/aromatic N) is 2. The van der Waals surface area contributed by atoms with E-state index in [0.717, 1.165) is 88.8 Å². The average molecular weight is 829 g/mol. The molecule has 9 aromatic carbocycles. The molecule has 1 aromatic heterocycles. The summed E-state index contributed by atoms with van der Waals surface area (Å²) in [4.78, 5) is 1.83. The van der Waals surface area contributed by atoms with Crippen molar-refractivity contribution in [2.75, 3.05) is 4.90 Å². The van der Waals surface area contributed by atoms with Gasteiger partial charge in [0, 0.05) is 44.2 Å². The fraction of sp³-hybridized carbons (Fsp3) is 0.100. The van der Waals surface area contributed by atoms with Crippen molar-refractivity contribution in [1.82, 2.24) is 4.57 Å². The van der Waals surface area contributed by atoms with E-state index < -0.39 is 12.5 Å². The summed E-state index contributed by atoms with van der Waals surface area (Å²) < 4.78 is 2.38. The van der Waals surface area contributed by atoms with Gasteiger partial charge in [0.2, 0.25) is 0 Å². The van der Waals surface area contributed by atoms with E-state index in [1.165, 1.54) is 22.3 Å². The minimum atomic E-state index is -1.22. The highest BCUT2D eigenvalue weighted by molar-refractivity contribution is 6.17. The van der Waals surface area contributed by atoms with Crippen molar-refractivity contribution in [2.24, 2.45) is 0 Å². The van der Waals surface area contributed by atoms with Gasteiger partial charge in [-0.2, -0.15) is 0 Å². The largest absolute Gasteiger partial charge is 0.369 e. The summed E-state index contributed by atoms with van der Waals surface area (Å²) >= 11 is 0. The van der Waals surface area contributed by atoms with E-state index in [9.17, 15) is 10.2 Å². The first-order chi connectivity index (χ1) is 31.3. The Hall–Kier alpha value is -7.50. The standard InChI is InChI=1S/C60H48N2O2/c1-37-29-31-45(39(3)33-37)47-23-14-25-49-50-26-15-24-48(46-32-30-38(2)34-40(46)4)57(50)61(56(47)49)54-28-16-27-51-55(54)60(64)62(59(51)63)58-52(42-19-10-6-11-20-42)35-44(41-17-8-5-9-18-41)36-53(58)43-21-12-7-13-22-43/h5-36,59-60,63-64H,1-4H3. The van der Waals surface area contributed by atoms with Crippen molar-refractivity contribution in [3.8, 4) is 61.3 Å². The molecule has 1 aliphatic rings. The van der Waals surface area contributed by atoms with Gasteiger partial charge in [-0.05, 0) is 90.4 Å². The molecule has 310 valence electrons. The Bertz CT molecular complexity index is 3240. The summed E-state index contributed by atoms with van der Waals surface area (Å²) in [5.41, 5.74) is 20.3. The lowest BCUT2D eigenvalue weighted by Crippen LogP contribution is -2.27. The summed E-state index contributed by atoms with van der Waals surface area (Å²) in [7, 11) is 0. The van der Waals surface area contributed by atoms with E-state index in [1.807, 2.05) is 59.5 Å². The normalized spacial score (nSPS) is 14.7. The van der Waals surface area contributed by atoms with Crippen molar-refractivity contribution in [3.63, 3.8) is 0 Å². The molecule has 4 nitrogen and oxygen atoms in total. The maximum atomic E-state index is 13.3. The lowest BCUT2D eigenvalue weighted by atomic mass is 9.90. The van der Waals surface area contributed by atoms with Crippen LogP contribution in [0.15, 0.2) is 194 Å². The summed E-state index contributed by atoms with van der Waals surface area (Å²) in [5, 5.41) is 28.4. The highest BCUT2D eigenvalue weighted by Gasteiger charge is 2.41. The van der Waals surface area contributed by atoms with Crippen LogP contribution in [0.4, 0.5) is 5.69 Å². The van der Waals surface area contributed by atoms with Gasteiger partial charge in [-0.3, -0.25) is 0 Å². The van der Waals surface area contributed by atoms with Crippen LogP contribution in [0.3, 0.4) is 0 Å². The Morgan fingerprint density at radius 1 is 0.375 bits per heavy atom. The van der Waals surface area contributed by atoms with Gasteiger partial charge in [0.05, 0.1) is 22.4 Å². The fourth-order valence-electron chi connectivity index (χ4n) is 10.3. The number of hydrogen-bond acceptors (Lipinski definition) is 3. The van der Waals surface area contributed by atoms with Gasteiger partial charge in [0.25, 0.3) is 0 Å². The van der Waals surface area contributed by atoms with E-state index in [0.29, 0.717) is 11.1 Å². The molecular weight excluding hydrogens is 781 g/mol. The summed E-state index contributed by atoms with van der Waals surface area (Å²) in [5.74, 6) is 0. The second-order valence-corrected chi connectivity index (χ2v) is 17.3. The third kappa shape index (κ3) is 6.37. The van der Waals surface area contributed by atoms with E-state index >= 15 is 0 Å². The number of anilines is 1. The number of fused-ring (bicyclic) bond motifs is 4. The van der Waals surface area contributed by atoms with E-state index in [1.54, 1.807) is 0 Å². The van der Waals surface area contributed by atoms with Crippen molar-refractivity contribution in [1.29, 1.82) is 0 Å². The molecule has 0 radical (unpaired) electrons. The first-order valence-electron chi connectivity index (χ1n) is 22.1. The molecule has 10 aromatic rings. The van der Waals surface area contributed by atoms with Crippen molar-refractivity contribution >= 4 is 27.5 Å². The van der Waals surface area contributed by atoms with Crippen molar-refractivity contribution in [2.45, 2.75) is 40.2 Å². The van der Waals surface area contributed by atoms with Crippen LogP contribution in [0.5, 0.6) is 0 Å². The first-order valence-corrected chi connectivity index (χ1v) is 22.1. The first kappa shape index (κ1) is 39.4. The molecule has 64 heavy (non-hydrogen) atoms. The Morgan fingerprint density at radius 3 is 1.33 bits per heavy atom. The number of aromatic nitrogens is 1. The van der Waals surface area contributed by atoms with Crippen LogP contribution < -0.4 is 4.90 Å². The molecule has 0 saturated heterocycles. The Balaban J connectivity index is 1.22. The highest BCUT2D eigenvalue weighted by Crippen LogP contribution is 2.54. The van der Waals surface area contributed by atoms with E-state index in [4.69, 9.17) is 0 Å². The lowest BCUT2D eigenvalue weighted by molar-refractivity contribution is 0.110. The number of aliphatic hydroxyl groups is 2. The van der Waals surface area contributed by atoms with Gasteiger partial charge in [-0.1, -0.05) is 187 Å². The quantitative estimate of drug-likeness (QED) is 0.168. The molecule has 0 fully saturated rings. The van der Waals surface area contributed by atoms with Crippen LogP contribution in [0.2, 0.25) is 0 Å². The molecule has 0 bridgehead atoms.